The van der Waals surface area contributed by atoms with E-state index in [1.54, 1.807) is 23.1 Å². The molecular weight excluding hydrogens is 279 g/mol. The van der Waals surface area contributed by atoms with Crippen LogP contribution in [0.25, 0.3) is 0 Å². The summed E-state index contributed by atoms with van der Waals surface area (Å²) < 4.78 is 12.8. The number of halogens is 1. The SMILES string of the molecule is Fc1ccc(SCc2nc([C@@H]3CCCN3)cs2)cc1. The minimum Gasteiger partial charge on any atom is -0.309 e. The van der Waals surface area contributed by atoms with E-state index in [1.807, 2.05) is 12.1 Å². The van der Waals surface area contributed by atoms with Crippen molar-refractivity contribution in [1.29, 1.82) is 0 Å². The van der Waals surface area contributed by atoms with Gasteiger partial charge in [-0.3, -0.25) is 0 Å². The highest BCUT2D eigenvalue weighted by molar-refractivity contribution is 7.98. The molecule has 0 aliphatic carbocycles. The third-order valence-corrected chi connectivity index (χ3v) is 5.24. The van der Waals surface area contributed by atoms with Gasteiger partial charge >= 0.3 is 0 Å². The maximum Gasteiger partial charge on any atom is 0.123 e. The van der Waals surface area contributed by atoms with Crippen molar-refractivity contribution in [1.82, 2.24) is 10.3 Å². The predicted molar refractivity (Wildman–Crippen MR) is 78.1 cm³/mol. The molecule has 5 heteroatoms. The van der Waals surface area contributed by atoms with Gasteiger partial charge in [0.2, 0.25) is 0 Å². The summed E-state index contributed by atoms with van der Waals surface area (Å²) in [5, 5.41) is 6.76. The molecule has 19 heavy (non-hydrogen) atoms. The summed E-state index contributed by atoms with van der Waals surface area (Å²) in [5.41, 5.74) is 1.18. The van der Waals surface area contributed by atoms with Crippen LogP contribution in [0.3, 0.4) is 0 Å². The van der Waals surface area contributed by atoms with Gasteiger partial charge in [0.15, 0.2) is 0 Å². The van der Waals surface area contributed by atoms with Crippen LogP contribution >= 0.6 is 23.1 Å². The first-order valence-corrected chi connectivity index (χ1v) is 8.24. The average Bonchev–Trinajstić information content (AvgIpc) is 3.09. The summed E-state index contributed by atoms with van der Waals surface area (Å²) in [6.07, 6.45) is 2.43. The highest BCUT2D eigenvalue weighted by Crippen LogP contribution is 2.28. The maximum absolute atomic E-state index is 12.8. The van der Waals surface area contributed by atoms with Crippen LogP contribution in [0.15, 0.2) is 34.5 Å². The molecule has 1 aliphatic rings. The van der Waals surface area contributed by atoms with Crippen molar-refractivity contribution < 1.29 is 4.39 Å². The number of nitrogens with zero attached hydrogens (tertiary/aromatic N) is 1. The molecule has 0 spiro atoms. The summed E-state index contributed by atoms with van der Waals surface area (Å²) in [6.45, 7) is 1.10. The fourth-order valence-electron chi connectivity index (χ4n) is 2.16. The Morgan fingerprint density at radius 1 is 1.37 bits per heavy atom. The number of hydrogen-bond donors (Lipinski definition) is 1. The van der Waals surface area contributed by atoms with Crippen LogP contribution in [-0.2, 0) is 5.75 Å². The van der Waals surface area contributed by atoms with Crippen molar-refractivity contribution in [3.63, 3.8) is 0 Å². The minimum absolute atomic E-state index is 0.187. The zero-order valence-corrected chi connectivity index (χ0v) is 12.1. The molecule has 2 nitrogen and oxygen atoms in total. The van der Waals surface area contributed by atoms with E-state index in [1.165, 1.54) is 30.7 Å². The molecule has 1 saturated heterocycles. The summed E-state index contributed by atoms with van der Waals surface area (Å²) in [6, 6.07) is 7.07. The first-order chi connectivity index (χ1) is 9.31. The first-order valence-electron chi connectivity index (χ1n) is 6.37. The quantitative estimate of drug-likeness (QED) is 0.863. The Morgan fingerprint density at radius 2 is 2.21 bits per heavy atom. The zero-order chi connectivity index (χ0) is 13.1. The molecule has 1 aliphatic heterocycles. The molecule has 1 atom stereocenters. The van der Waals surface area contributed by atoms with Gasteiger partial charge in [-0.25, -0.2) is 9.37 Å². The Bertz CT molecular complexity index is 533. The first kappa shape index (κ1) is 13.1. The van der Waals surface area contributed by atoms with Crippen LogP contribution < -0.4 is 5.32 Å². The van der Waals surface area contributed by atoms with E-state index in [-0.39, 0.29) is 5.82 Å². The third kappa shape index (κ3) is 3.35. The van der Waals surface area contributed by atoms with E-state index >= 15 is 0 Å². The summed E-state index contributed by atoms with van der Waals surface area (Å²) in [7, 11) is 0. The van der Waals surface area contributed by atoms with Gasteiger partial charge in [-0.2, -0.15) is 0 Å². The smallest absolute Gasteiger partial charge is 0.123 e. The molecule has 1 fully saturated rings. The monoisotopic (exact) mass is 294 g/mol. The van der Waals surface area contributed by atoms with E-state index in [0.717, 1.165) is 22.2 Å². The molecule has 1 aromatic heterocycles. The number of thioether (sulfide) groups is 1. The van der Waals surface area contributed by atoms with Crippen molar-refractivity contribution >= 4 is 23.1 Å². The van der Waals surface area contributed by atoms with Gasteiger partial charge in [0.1, 0.15) is 10.8 Å². The molecule has 2 aromatic rings. The van der Waals surface area contributed by atoms with Gasteiger partial charge in [-0.05, 0) is 43.7 Å². The van der Waals surface area contributed by atoms with Gasteiger partial charge in [-0.15, -0.1) is 23.1 Å². The van der Waals surface area contributed by atoms with E-state index in [0.29, 0.717) is 6.04 Å². The average molecular weight is 294 g/mol. The molecule has 1 aromatic carbocycles. The van der Waals surface area contributed by atoms with Crippen LogP contribution in [0.4, 0.5) is 4.39 Å². The van der Waals surface area contributed by atoms with Crippen LogP contribution in [0.2, 0.25) is 0 Å². The fraction of sp³-hybridized carbons (Fsp3) is 0.357. The Labute approximate surface area is 120 Å². The Balaban J connectivity index is 1.59. The molecular formula is C14H15FN2S2. The van der Waals surface area contributed by atoms with Crippen molar-refractivity contribution in [3.05, 3.63) is 46.2 Å². The number of aromatic nitrogens is 1. The van der Waals surface area contributed by atoms with Crippen molar-refractivity contribution in [2.75, 3.05) is 6.54 Å². The lowest BCUT2D eigenvalue weighted by molar-refractivity contribution is 0.626. The highest BCUT2D eigenvalue weighted by atomic mass is 32.2. The summed E-state index contributed by atoms with van der Waals surface area (Å²) in [5.74, 6) is 0.663. The second-order valence-corrected chi connectivity index (χ2v) is 6.55. The Hall–Kier alpha value is -0.910. The number of thiazole rings is 1. The number of hydrogen-bond acceptors (Lipinski definition) is 4. The van der Waals surface area contributed by atoms with Crippen LogP contribution in [0.1, 0.15) is 29.6 Å². The summed E-state index contributed by atoms with van der Waals surface area (Å²) in [4.78, 5) is 5.77. The normalized spacial score (nSPS) is 18.9. The lowest BCUT2D eigenvalue weighted by Crippen LogP contribution is -2.13. The van der Waals surface area contributed by atoms with Crippen LogP contribution in [-0.4, -0.2) is 11.5 Å². The predicted octanol–water partition coefficient (Wildman–Crippen LogP) is 4.00. The minimum atomic E-state index is -0.187. The number of rotatable bonds is 4. The second-order valence-electron chi connectivity index (χ2n) is 4.56. The third-order valence-electron chi connectivity index (χ3n) is 3.16. The van der Waals surface area contributed by atoms with E-state index in [2.05, 4.69) is 15.7 Å². The van der Waals surface area contributed by atoms with Gasteiger partial charge in [0.05, 0.1) is 17.5 Å². The Kier molecular flexibility index (Phi) is 4.15. The van der Waals surface area contributed by atoms with E-state index in [4.69, 9.17) is 0 Å². The number of nitrogens with one attached hydrogen (secondary N) is 1. The van der Waals surface area contributed by atoms with Gasteiger partial charge < -0.3 is 5.32 Å². The summed E-state index contributed by atoms with van der Waals surface area (Å²) >= 11 is 3.41. The van der Waals surface area contributed by atoms with Crippen LogP contribution in [0, 0.1) is 5.82 Å². The molecule has 100 valence electrons. The van der Waals surface area contributed by atoms with Gasteiger partial charge in [0, 0.05) is 10.3 Å². The standard InChI is InChI=1S/C14H15FN2S2/c15-10-3-5-11(6-4-10)18-9-14-17-13(8-19-14)12-2-1-7-16-12/h3-6,8,12,16H,1-2,7,9H2/t12-/m0/s1. The zero-order valence-electron chi connectivity index (χ0n) is 10.4. The highest BCUT2D eigenvalue weighted by Gasteiger charge is 2.18. The Morgan fingerprint density at radius 3 is 2.95 bits per heavy atom. The van der Waals surface area contributed by atoms with Crippen molar-refractivity contribution in [2.45, 2.75) is 29.5 Å². The molecule has 1 N–H and O–H groups in total. The molecule has 0 saturated carbocycles. The fourth-order valence-corrected chi connectivity index (χ4v) is 3.93. The maximum atomic E-state index is 12.8. The largest absolute Gasteiger partial charge is 0.309 e. The molecule has 0 radical (unpaired) electrons. The van der Waals surface area contributed by atoms with Crippen LogP contribution in [0.5, 0.6) is 0 Å². The number of benzene rings is 1. The second kappa shape index (κ2) is 6.03. The lowest BCUT2D eigenvalue weighted by atomic mass is 10.2. The van der Waals surface area contributed by atoms with Gasteiger partial charge in [0.25, 0.3) is 0 Å². The van der Waals surface area contributed by atoms with E-state index < -0.39 is 0 Å². The van der Waals surface area contributed by atoms with Gasteiger partial charge in [-0.1, -0.05) is 0 Å². The lowest BCUT2D eigenvalue weighted by Gasteiger charge is -2.05. The van der Waals surface area contributed by atoms with Crippen molar-refractivity contribution in [2.24, 2.45) is 0 Å². The molecule has 0 bridgehead atoms. The molecule has 3 rings (SSSR count). The van der Waals surface area contributed by atoms with E-state index in [9.17, 15) is 4.39 Å². The molecule has 2 heterocycles. The molecule has 0 unspecified atom stereocenters. The van der Waals surface area contributed by atoms with Crippen molar-refractivity contribution in [3.8, 4) is 0 Å². The topological polar surface area (TPSA) is 24.9 Å². The molecule has 0 amide bonds.